The van der Waals surface area contributed by atoms with E-state index < -0.39 is 5.54 Å². The maximum absolute atomic E-state index is 12.0. The first kappa shape index (κ1) is 16.2. The molecular formula is C20H23N3O2. The molecule has 0 radical (unpaired) electrons. The monoisotopic (exact) mass is 337 g/mol. The minimum Gasteiger partial charge on any atom is -0.364 e. The van der Waals surface area contributed by atoms with Crippen LogP contribution in [0.3, 0.4) is 0 Å². The summed E-state index contributed by atoms with van der Waals surface area (Å²) < 4.78 is 5.96. The molecule has 3 heterocycles. The second kappa shape index (κ2) is 6.94. The largest absolute Gasteiger partial charge is 0.364 e. The van der Waals surface area contributed by atoms with Gasteiger partial charge in [-0.2, -0.15) is 0 Å². The van der Waals surface area contributed by atoms with Crippen LogP contribution >= 0.6 is 0 Å². The van der Waals surface area contributed by atoms with E-state index in [1.807, 2.05) is 36.5 Å². The fraction of sp³-hybridized carbons (Fsp3) is 0.400. The number of aromatic nitrogens is 1. The molecule has 25 heavy (non-hydrogen) atoms. The van der Waals surface area contributed by atoms with Crippen molar-refractivity contribution in [2.45, 2.75) is 24.5 Å². The van der Waals surface area contributed by atoms with Crippen molar-refractivity contribution >= 4 is 5.91 Å². The van der Waals surface area contributed by atoms with Crippen LogP contribution in [0.1, 0.15) is 17.7 Å². The van der Waals surface area contributed by atoms with E-state index >= 15 is 0 Å². The second-order valence-electron chi connectivity index (χ2n) is 6.81. The fourth-order valence-corrected chi connectivity index (χ4v) is 3.94. The molecule has 2 saturated heterocycles. The number of morpholine rings is 1. The Kier molecular flexibility index (Phi) is 4.51. The molecule has 2 aromatic rings. The van der Waals surface area contributed by atoms with Crippen molar-refractivity contribution in [3.8, 4) is 0 Å². The number of rotatable bonds is 4. The van der Waals surface area contributed by atoms with E-state index in [-0.39, 0.29) is 18.6 Å². The Bertz CT molecular complexity index is 722. The standard InChI is InChI=1S/C20H23N3O2/c24-19-15-25-18-14-23(12-9-17-8-4-5-11-21-17)13-10-20(18,22-19)16-6-2-1-3-7-16/h1-8,11,18H,9-10,12-15H2,(H,22,24)/t18-,20+/m0/s1. The second-order valence-corrected chi connectivity index (χ2v) is 6.81. The lowest BCUT2D eigenvalue weighted by atomic mass is 9.77. The molecule has 130 valence electrons. The van der Waals surface area contributed by atoms with E-state index in [9.17, 15) is 4.79 Å². The number of benzene rings is 1. The zero-order valence-electron chi connectivity index (χ0n) is 14.2. The highest BCUT2D eigenvalue weighted by Crippen LogP contribution is 2.36. The Morgan fingerprint density at radius 2 is 2.04 bits per heavy atom. The van der Waals surface area contributed by atoms with Gasteiger partial charge in [-0.25, -0.2) is 0 Å². The molecule has 4 rings (SSSR count). The van der Waals surface area contributed by atoms with Gasteiger partial charge in [-0.1, -0.05) is 36.4 Å². The number of nitrogens with one attached hydrogen (secondary N) is 1. The van der Waals surface area contributed by atoms with Crippen LogP contribution < -0.4 is 5.32 Å². The highest BCUT2D eigenvalue weighted by Gasteiger charge is 2.48. The van der Waals surface area contributed by atoms with Gasteiger partial charge in [0.05, 0.1) is 11.6 Å². The number of pyridine rings is 1. The molecule has 5 nitrogen and oxygen atoms in total. The summed E-state index contributed by atoms with van der Waals surface area (Å²) in [5.74, 6) is -0.0259. The Labute approximate surface area is 148 Å². The minimum atomic E-state index is -0.405. The first-order valence-corrected chi connectivity index (χ1v) is 8.87. The van der Waals surface area contributed by atoms with Crippen molar-refractivity contribution in [3.05, 3.63) is 66.0 Å². The first-order valence-electron chi connectivity index (χ1n) is 8.87. The van der Waals surface area contributed by atoms with E-state index in [0.717, 1.165) is 43.7 Å². The van der Waals surface area contributed by atoms with Gasteiger partial charge >= 0.3 is 0 Å². The zero-order valence-corrected chi connectivity index (χ0v) is 14.2. The Morgan fingerprint density at radius 1 is 1.20 bits per heavy atom. The van der Waals surface area contributed by atoms with E-state index in [1.54, 1.807) is 0 Å². The zero-order chi connectivity index (χ0) is 17.1. The first-order chi connectivity index (χ1) is 12.3. The molecule has 1 aromatic carbocycles. The molecule has 1 N–H and O–H groups in total. The maximum Gasteiger partial charge on any atom is 0.246 e. The van der Waals surface area contributed by atoms with Crippen LogP contribution in [0, 0.1) is 0 Å². The number of amides is 1. The SMILES string of the molecule is O=C1CO[C@H]2CN(CCc3ccccn3)CC[C@]2(c2ccccc2)N1. The van der Waals surface area contributed by atoms with Crippen LogP contribution in [0.2, 0.25) is 0 Å². The predicted molar refractivity (Wildman–Crippen MR) is 95.0 cm³/mol. The topological polar surface area (TPSA) is 54.5 Å². The lowest BCUT2D eigenvalue weighted by Crippen LogP contribution is -2.66. The van der Waals surface area contributed by atoms with Crippen LogP contribution in [-0.2, 0) is 21.5 Å². The molecule has 0 aliphatic carbocycles. The van der Waals surface area contributed by atoms with Gasteiger partial charge in [-0.05, 0) is 24.1 Å². The molecule has 2 aliphatic rings. The number of likely N-dealkylation sites (tertiary alicyclic amines) is 1. The summed E-state index contributed by atoms with van der Waals surface area (Å²) in [6.07, 6.45) is 3.60. The fourth-order valence-electron chi connectivity index (χ4n) is 3.94. The maximum atomic E-state index is 12.0. The lowest BCUT2D eigenvalue weighted by Gasteiger charge is -2.50. The van der Waals surface area contributed by atoms with Gasteiger partial charge in [-0.15, -0.1) is 0 Å². The Balaban J connectivity index is 1.49. The van der Waals surface area contributed by atoms with Crippen LogP contribution in [-0.4, -0.2) is 48.1 Å². The normalized spacial score (nSPS) is 26.7. The van der Waals surface area contributed by atoms with Crippen molar-refractivity contribution in [2.75, 3.05) is 26.2 Å². The summed E-state index contributed by atoms with van der Waals surface area (Å²) in [5, 5.41) is 3.24. The van der Waals surface area contributed by atoms with E-state index in [1.165, 1.54) is 0 Å². The number of fused-ring (bicyclic) bond motifs is 1. The van der Waals surface area contributed by atoms with E-state index in [0.29, 0.717) is 0 Å². The molecular weight excluding hydrogens is 314 g/mol. The molecule has 0 saturated carbocycles. The van der Waals surface area contributed by atoms with Crippen molar-refractivity contribution < 1.29 is 9.53 Å². The third kappa shape index (κ3) is 3.30. The number of hydrogen-bond donors (Lipinski definition) is 1. The van der Waals surface area contributed by atoms with Crippen molar-refractivity contribution in [2.24, 2.45) is 0 Å². The van der Waals surface area contributed by atoms with Crippen LogP contribution in [0.4, 0.5) is 0 Å². The highest BCUT2D eigenvalue weighted by atomic mass is 16.5. The van der Waals surface area contributed by atoms with Crippen molar-refractivity contribution in [3.63, 3.8) is 0 Å². The summed E-state index contributed by atoms with van der Waals surface area (Å²) in [6.45, 7) is 2.85. The molecule has 2 fully saturated rings. The molecule has 0 unspecified atom stereocenters. The molecule has 5 heteroatoms. The van der Waals surface area contributed by atoms with Gasteiger partial charge in [0, 0.05) is 37.9 Å². The van der Waals surface area contributed by atoms with Crippen LogP contribution in [0.5, 0.6) is 0 Å². The number of hydrogen-bond acceptors (Lipinski definition) is 4. The number of carbonyl (C=O) groups excluding carboxylic acids is 1. The smallest absolute Gasteiger partial charge is 0.246 e. The predicted octanol–water partition coefficient (Wildman–Crippen LogP) is 1.74. The van der Waals surface area contributed by atoms with Gasteiger partial charge in [0.25, 0.3) is 0 Å². The molecule has 1 aromatic heterocycles. The molecule has 2 atom stereocenters. The summed E-state index contributed by atoms with van der Waals surface area (Å²) in [6, 6.07) is 16.3. The van der Waals surface area contributed by atoms with Crippen molar-refractivity contribution in [1.29, 1.82) is 0 Å². The minimum absolute atomic E-state index is 0.0231. The number of piperidine rings is 1. The summed E-state index contributed by atoms with van der Waals surface area (Å²) in [4.78, 5) is 18.8. The average molecular weight is 337 g/mol. The highest BCUT2D eigenvalue weighted by molar-refractivity contribution is 5.79. The summed E-state index contributed by atoms with van der Waals surface area (Å²) >= 11 is 0. The summed E-state index contributed by atoms with van der Waals surface area (Å²) in [7, 11) is 0. The third-order valence-electron chi connectivity index (χ3n) is 5.27. The van der Waals surface area contributed by atoms with Crippen LogP contribution in [0.25, 0.3) is 0 Å². The number of carbonyl (C=O) groups is 1. The van der Waals surface area contributed by atoms with Gasteiger partial charge in [0.15, 0.2) is 0 Å². The lowest BCUT2D eigenvalue weighted by molar-refractivity contribution is -0.152. The van der Waals surface area contributed by atoms with Gasteiger partial charge in [0.2, 0.25) is 5.91 Å². The Morgan fingerprint density at radius 3 is 2.84 bits per heavy atom. The number of nitrogens with zero attached hydrogens (tertiary/aromatic N) is 2. The van der Waals surface area contributed by atoms with Gasteiger partial charge in [-0.3, -0.25) is 9.78 Å². The van der Waals surface area contributed by atoms with Gasteiger partial charge < -0.3 is 15.0 Å². The quantitative estimate of drug-likeness (QED) is 0.923. The Hall–Kier alpha value is -2.24. The van der Waals surface area contributed by atoms with Gasteiger partial charge in [0.1, 0.15) is 6.61 Å². The molecule has 0 bridgehead atoms. The van der Waals surface area contributed by atoms with Crippen LogP contribution in [0.15, 0.2) is 54.7 Å². The third-order valence-corrected chi connectivity index (χ3v) is 5.27. The molecule has 2 aliphatic heterocycles. The average Bonchev–Trinajstić information content (AvgIpc) is 2.68. The van der Waals surface area contributed by atoms with Crippen molar-refractivity contribution in [1.82, 2.24) is 15.2 Å². The van der Waals surface area contributed by atoms with E-state index in [4.69, 9.17) is 4.74 Å². The summed E-state index contributed by atoms with van der Waals surface area (Å²) in [5.41, 5.74) is 1.84. The molecule has 0 spiro atoms. The molecule has 1 amide bonds. The number of ether oxygens (including phenoxy) is 1. The van der Waals surface area contributed by atoms with E-state index in [2.05, 4.69) is 33.4 Å².